The Morgan fingerprint density at radius 3 is 1.21 bits per heavy atom. The van der Waals surface area contributed by atoms with Crippen molar-refractivity contribution in [1.29, 1.82) is 0 Å². The predicted molar refractivity (Wildman–Crippen MR) is 99.2 cm³/mol. The first-order chi connectivity index (χ1) is 13.8. The molecule has 4 atom stereocenters. The lowest BCUT2D eigenvalue weighted by Crippen LogP contribution is -2.17. The number of carbonyl (C=O) groups excluding carboxylic acids is 3. The minimum atomic E-state index is -1.01. The summed E-state index contributed by atoms with van der Waals surface area (Å²) in [5, 5.41) is 8.95. The van der Waals surface area contributed by atoms with Gasteiger partial charge in [-0.3, -0.25) is 0 Å². The van der Waals surface area contributed by atoms with Crippen LogP contribution in [-0.2, 0) is 33.4 Å². The Labute approximate surface area is 167 Å². The topological polar surface area (TPSA) is 116 Å². The number of rotatable bonds is 4. The molecular formula is C21H22O8. The zero-order valence-electron chi connectivity index (χ0n) is 16.3. The van der Waals surface area contributed by atoms with Crippen LogP contribution in [0.1, 0.15) is 12.8 Å². The molecule has 0 heterocycles. The van der Waals surface area contributed by atoms with Gasteiger partial charge in [-0.05, 0) is 12.8 Å². The SMILES string of the molecule is COC(=O)C1=C(C(=O)O)C2C=CC1C2.COC(=O)C1=C(C(=O)OC)C2C=CC1C2. The molecule has 8 heteroatoms. The largest absolute Gasteiger partial charge is 0.478 e. The molecule has 0 aromatic carbocycles. The average Bonchev–Trinajstić information content (AvgIpc) is 3.51. The monoisotopic (exact) mass is 402 g/mol. The fraction of sp³-hybridized carbons (Fsp3) is 0.429. The maximum atomic E-state index is 11.5. The highest BCUT2D eigenvalue weighted by atomic mass is 16.5. The number of esters is 3. The second kappa shape index (κ2) is 8.06. The van der Waals surface area contributed by atoms with Crippen molar-refractivity contribution in [2.45, 2.75) is 12.8 Å². The molecule has 4 bridgehead atoms. The van der Waals surface area contributed by atoms with Gasteiger partial charge in [-0.25, -0.2) is 19.2 Å². The van der Waals surface area contributed by atoms with Crippen LogP contribution in [0, 0.1) is 23.7 Å². The Morgan fingerprint density at radius 2 is 0.931 bits per heavy atom. The standard InChI is InChI=1S/C11H12O4.C10H10O4/c1-14-10(12)8-6-3-4-7(5-6)9(8)11(13)15-2;1-14-10(13)8-6-3-2-5(4-6)7(8)9(11)12/h3-4,6-7H,5H2,1-2H3;2-3,5-6H,4H2,1H3,(H,11,12). The number of ether oxygens (including phenoxy) is 3. The summed E-state index contributed by atoms with van der Waals surface area (Å²) < 4.78 is 13.9. The number of fused-ring (bicyclic) bond motifs is 4. The number of hydrogen-bond donors (Lipinski definition) is 1. The van der Waals surface area contributed by atoms with Crippen LogP contribution in [0.25, 0.3) is 0 Å². The van der Waals surface area contributed by atoms with E-state index >= 15 is 0 Å². The Kier molecular flexibility index (Phi) is 5.72. The second-order valence-electron chi connectivity index (χ2n) is 7.10. The molecule has 4 aliphatic carbocycles. The molecule has 0 saturated heterocycles. The van der Waals surface area contributed by atoms with Crippen LogP contribution in [-0.4, -0.2) is 50.3 Å². The number of allylic oxidation sites excluding steroid dienone is 4. The molecule has 29 heavy (non-hydrogen) atoms. The first-order valence-corrected chi connectivity index (χ1v) is 9.16. The summed E-state index contributed by atoms with van der Waals surface area (Å²) in [5.74, 6) is -2.49. The smallest absolute Gasteiger partial charge is 0.334 e. The highest BCUT2D eigenvalue weighted by Gasteiger charge is 2.43. The lowest BCUT2D eigenvalue weighted by atomic mass is 9.97. The predicted octanol–water partition coefficient (Wildman–Crippen LogP) is 1.58. The summed E-state index contributed by atoms with van der Waals surface area (Å²) in [6.07, 6.45) is 9.11. The summed E-state index contributed by atoms with van der Waals surface area (Å²) in [7, 11) is 3.91. The van der Waals surface area contributed by atoms with E-state index in [4.69, 9.17) is 5.11 Å². The first kappa shape index (κ1) is 20.6. The van der Waals surface area contributed by atoms with E-state index in [1.54, 1.807) is 0 Å². The fourth-order valence-corrected chi connectivity index (χ4v) is 4.44. The maximum Gasteiger partial charge on any atom is 0.334 e. The van der Waals surface area contributed by atoms with Crippen molar-refractivity contribution in [2.75, 3.05) is 21.3 Å². The van der Waals surface area contributed by atoms with Gasteiger partial charge in [0.1, 0.15) is 0 Å². The van der Waals surface area contributed by atoms with E-state index in [0.29, 0.717) is 23.1 Å². The molecule has 0 saturated carbocycles. The van der Waals surface area contributed by atoms with E-state index in [2.05, 4.69) is 14.2 Å². The molecule has 0 amide bonds. The molecule has 1 N–H and O–H groups in total. The minimum absolute atomic E-state index is 0.0246. The normalized spacial score (nSPS) is 27.7. The van der Waals surface area contributed by atoms with Crippen molar-refractivity contribution in [3.63, 3.8) is 0 Å². The van der Waals surface area contributed by atoms with Crippen molar-refractivity contribution in [2.24, 2.45) is 23.7 Å². The van der Waals surface area contributed by atoms with Gasteiger partial charge in [0.2, 0.25) is 0 Å². The average molecular weight is 402 g/mol. The number of hydrogen-bond acceptors (Lipinski definition) is 7. The Morgan fingerprint density at radius 1 is 0.655 bits per heavy atom. The highest BCUT2D eigenvalue weighted by Crippen LogP contribution is 2.45. The number of carboxylic acids is 1. The van der Waals surface area contributed by atoms with Gasteiger partial charge in [-0.15, -0.1) is 0 Å². The zero-order valence-corrected chi connectivity index (χ0v) is 16.3. The lowest BCUT2D eigenvalue weighted by Gasteiger charge is -2.12. The van der Waals surface area contributed by atoms with Gasteiger partial charge in [0.05, 0.1) is 43.6 Å². The molecule has 0 aromatic heterocycles. The van der Waals surface area contributed by atoms with Crippen LogP contribution in [0.5, 0.6) is 0 Å². The molecule has 0 aromatic rings. The molecule has 0 fully saturated rings. The van der Waals surface area contributed by atoms with Crippen molar-refractivity contribution in [3.8, 4) is 0 Å². The van der Waals surface area contributed by atoms with Gasteiger partial charge < -0.3 is 19.3 Å². The summed E-state index contributed by atoms with van der Waals surface area (Å²) in [6, 6.07) is 0. The number of carboxylic acid groups (broad SMARTS) is 1. The van der Waals surface area contributed by atoms with Crippen molar-refractivity contribution >= 4 is 23.9 Å². The van der Waals surface area contributed by atoms with Gasteiger partial charge in [-0.1, -0.05) is 24.3 Å². The Hall–Kier alpha value is -3.16. The molecule has 4 unspecified atom stereocenters. The minimum Gasteiger partial charge on any atom is -0.478 e. The molecule has 4 aliphatic rings. The van der Waals surface area contributed by atoms with E-state index in [1.807, 2.05) is 24.3 Å². The van der Waals surface area contributed by atoms with E-state index in [1.165, 1.54) is 21.3 Å². The summed E-state index contributed by atoms with van der Waals surface area (Å²) in [5.41, 5.74) is 1.48. The molecule has 8 nitrogen and oxygen atoms in total. The lowest BCUT2D eigenvalue weighted by molar-refractivity contribution is -0.139. The van der Waals surface area contributed by atoms with E-state index in [-0.39, 0.29) is 29.2 Å². The van der Waals surface area contributed by atoms with Crippen molar-refractivity contribution in [1.82, 2.24) is 0 Å². The van der Waals surface area contributed by atoms with Crippen LogP contribution in [0.3, 0.4) is 0 Å². The van der Waals surface area contributed by atoms with Crippen LogP contribution in [0.4, 0.5) is 0 Å². The van der Waals surface area contributed by atoms with Crippen LogP contribution >= 0.6 is 0 Å². The molecule has 0 aliphatic heterocycles. The van der Waals surface area contributed by atoms with Crippen molar-refractivity contribution in [3.05, 3.63) is 46.6 Å². The quantitative estimate of drug-likeness (QED) is 0.428. The molecule has 0 radical (unpaired) electrons. The number of methoxy groups -OCH3 is 3. The van der Waals surface area contributed by atoms with Gasteiger partial charge in [0.15, 0.2) is 0 Å². The number of aliphatic carboxylic acids is 1. The third-order valence-corrected chi connectivity index (χ3v) is 5.68. The fourth-order valence-electron chi connectivity index (χ4n) is 4.44. The Bertz CT molecular complexity index is 854. The van der Waals surface area contributed by atoms with Crippen LogP contribution in [0.15, 0.2) is 46.6 Å². The van der Waals surface area contributed by atoms with Crippen molar-refractivity contribution < 1.29 is 38.5 Å². The number of carbonyl (C=O) groups is 4. The van der Waals surface area contributed by atoms with E-state index < -0.39 is 23.9 Å². The van der Waals surface area contributed by atoms with Gasteiger partial charge in [-0.2, -0.15) is 0 Å². The molecule has 0 spiro atoms. The summed E-state index contributed by atoms with van der Waals surface area (Å²) in [4.78, 5) is 45.3. The third-order valence-electron chi connectivity index (χ3n) is 5.68. The van der Waals surface area contributed by atoms with Gasteiger partial charge in [0, 0.05) is 23.7 Å². The van der Waals surface area contributed by atoms with Gasteiger partial charge >= 0.3 is 23.9 Å². The Balaban J connectivity index is 0.000000166. The third kappa shape index (κ3) is 3.50. The summed E-state index contributed by atoms with van der Waals surface area (Å²) in [6.45, 7) is 0. The summed E-state index contributed by atoms with van der Waals surface area (Å²) >= 11 is 0. The van der Waals surface area contributed by atoms with Gasteiger partial charge in [0.25, 0.3) is 0 Å². The second-order valence-corrected chi connectivity index (χ2v) is 7.10. The maximum absolute atomic E-state index is 11.5. The van der Waals surface area contributed by atoms with Crippen LogP contribution < -0.4 is 0 Å². The van der Waals surface area contributed by atoms with E-state index in [9.17, 15) is 19.2 Å². The highest BCUT2D eigenvalue weighted by molar-refractivity contribution is 6.03. The molecular weight excluding hydrogens is 380 g/mol. The first-order valence-electron chi connectivity index (χ1n) is 9.16. The molecule has 154 valence electrons. The van der Waals surface area contributed by atoms with E-state index in [0.717, 1.165) is 6.42 Å². The zero-order chi connectivity index (χ0) is 21.3. The van der Waals surface area contributed by atoms with Crippen LogP contribution in [0.2, 0.25) is 0 Å². The molecule has 4 rings (SSSR count).